The molecule has 2 aliphatic heterocycles. The molecule has 0 aromatic heterocycles. The van der Waals surface area contributed by atoms with Crippen molar-refractivity contribution < 1.29 is 9.59 Å². The lowest BCUT2D eigenvalue weighted by Gasteiger charge is -2.37. The Balaban J connectivity index is 1.55. The molecule has 2 amide bonds. The Morgan fingerprint density at radius 1 is 0.960 bits per heavy atom. The van der Waals surface area contributed by atoms with Gasteiger partial charge in [0.25, 0.3) is 0 Å². The van der Waals surface area contributed by atoms with Gasteiger partial charge in [-0.15, -0.1) is 0 Å². The second-order valence-corrected chi connectivity index (χ2v) is 8.29. The molecule has 0 unspecified atom stereocenters. The van der Waals surface area contributed by atoms with E-state index >= 15 is 0 Å². The first kappa shape index (κ1) is 18.7. The van der Waals surface area contributed by atoms with Crippen molar-refractivity contribution in [1.82, 2.24) is 15.1 Å². The van der Waals surface area contributed by atoms with Gasteiger partial charge in [0.05, 0.1) is 6.04 Å². The molecule has 3 aliphatic rings. The highest BCUT2D eigenvalue weighted by atomic mass is 16.2. The van der Waals surface area contributed by atoms with Gasteiger partial charge in [-0.2, -0.15) is 0 Å². The van der Waals surface area contributed by atoms with Crippen LogP contribution in [0.2, 0.25) is 0 Å². The molecule has 2 heterocycles. The lowest BCUT2D eigenvalue weighted by molar-refractivity contribution is -0.131. The molecule has 25 heavy (non-hydrogen) atoms. The molecule has 1 N–H and O–H groups in total. The summed E-state index contributed by atoms with van der Waals surface area (Å²) in [6, 6.07) is 0.556. The van der Waals surface area contributed by atoms with E-state index in [0.29, 0.717) is 18.0 Å². The number of carbonyl (C=O) groups is 2. The summed E-state index contributed by atoms with van der Waals surface area (Å²) in [5.41, 5.74) is 0. The van der Waals surface area contributed by atoms with Gasteiger partial charge in [0.2, 0.25) is 11.8 Å². The van der Waals surface area contributed by atoms with Gasteiger partial charge >= 0.3 is 0 Å². The monoisotopic (exact) mass is 349 g/mol. The maximum Gasteiger partial charge on any atom is 0.237 e. The van der Waals surface area contributed by atoms with E-state index in [1.807, 2.05) is 11.8 Å². The second kappa shape index (κ2) is 8.52. The fourth-order valence-corrected chi connectivity index (χ4v) is 5.23. The minimum Gasteiger partial charge on any atom is -0.354 e. The van der Waals surface area contributed by atoms with Crippen molar-refractivity contribution in [3.05, 3.63) is 0 Å². The van der Waals surface area contributed by atoms with Crippen LogP contribution in [0.25, 0.3) is 0 Å². The van der Waals surface area contributed by atoms with Crippen LogP contribution in [0, 0.1) is 5.92 Å². The van der Waals surface area contributed by atoms with Crippen LogP contribution in [-0.2, 0) is 9.59 Å². The fourth-order valence-electron chi connectivity index (χ4n) is 5.23. The molecule has 142 valence electrons. The van der Waals surface area contributed by atoms with Crippen LogP contribution in [0.15, 0.2) is 0 Å². The Morgan fingerprint density at radius 2 is 1.64 bits per heavy atom. The highest BCUT2D eigenvalue weighted by molar-refractivity contribution is 5.81. The Morgan fingerprint density at radius 3 is 2.36 bits per heavy atom. The van der Waals surface area contributed by atoms with Gasteiger partial charge in [-0.05, 0) is 57.9 Å². The van der Waals surface area contributed by atoms with Crippen LogP contribution in [0.5, 0.6) is 0 Å². The van der Waals surface area contributed by atoms with Gasteiger partial charge in [0.15, 0.2) is 0 Å². The van der Waals surface area contributed by atoms with Crippen molar-refractivity contribution in [1.29, 1.82) is 0 Å². The zero-order chi connectivity index (χ0) is 17.8. The van der Waals surface area contributed by atoms with E-state index in [1.165, 1.54) is 32.1 Å². The van der Waals surface area contributed by atoms with Crippen LogP contribution < -0.4 is 5.32 Å². The summed E-state index contributed by atoms with van der Waals surface area (Å²) in [5, 5.41) is 3.21. The van der Waals surface area contributed by atoms with E-state index in [4.69, 9.17) is 0 Å². The lowest BCUT2D eigenvalue weighted by Crippen LogP contribution is -2.54. The van der Waals surface area contributed by atoms with Crippen LogP contribution in [0.4, 0.5) is 0 Å². The van der Waals surface area contributed by atoms with Gasteiger partial charge in [0, 0.05) is 32.1 Å². The molecule has 1 saturated carbocycles. The Kier molecular flexibility index (Phi) is 6.37. The summed E-state index contributed by atoms with van der Waals surface area (Å²) in [6.07, 6.45) is 10.9. The van der Waals surface area contributed by atoms with E-state index in [2.05, 4.69) is 10.2 Å². The average molecular weight is 350 g/mol. The number of nitrogens with zero attached hydrogens (tertiary/aromatic N) is 2. The predicted octanol–water partition coefficient (Wildman–Crippen LogP) is 2.55. The molecular weight excluding hydrogens is 314 g/mol. The maximum atomic E-state index is 12.7. The molecule has 0 bridgehead atoms. The predicted molar refractivity (Wildman–Crippen MR) is 99.2 cm³/mol. The molecule has 0 spiro atoms. The van der Waals surface area contributed by atoms with Crippen LogP contribution in [0.1, 0.15) is 71.6 Å². The standard InChI is InChI=1S/C20H35N3O2/c1-15(20(25)21-14-17-8-4-3-5-9-17)22-12-6-10-18(22)19-11-7-13-23(19)16(2)24/h15,17-19H,3-14H2,1-2H3,(H,21,25)/t15-,18+,19+/m0/s1. The summed E-state index contributed by atoms with van der Waals surface area (Å²) >= 11 is 0. The van der Waals surface area contributed by atoms with Crippen molar-refractivity contribution in [2.45, 2.75) is 89.8 Å². The van der Waals surface area contributed by atoms with Crippen LogP contribution in [-0.4, -0.2) is 59.4 Å². The largest absolute Gasteiger partial charge is 0.354 e. The van der Waals surface area contributed by atoms with Crippen molar-refractivity contribution in [3.8, 4) is 0 Å². The Hall–Kier alpha value is -1.10. The molecule has 1 aliphatic carbocycles. The summed E-state index contributed by atoms with van der Waals surface area (Å²) in [4.78, 5) is 29.0. The first-order chi connectivity index (χ1) is 12.1. The highest BCUT2D eigenvalue weighted by Crippen LogP contribution is 2.31. The Labute approximate surface area is 152 Å². The molecule has 0 radical (unpaired) electrons. The van der Waals surface area contributed by atoms with Crippen molar-refractivity contribution in [2.24, 2.45) is 5.92 Å². The average Bonchev–Trinajstić information content (AvgIpc) is 3.28. The smallest absolute Gasteiger partial charge is 0.237 e. The molecule has 3 rings (SSSR count). The molecule has 0 aromatic carbocycles. The zero-order valence-electron chi connectivity index (χ0n) is 16.0. The van der Waals surface area contributed by atoms with E-state index in [0.717, 1.165) is 45.3 Å². The third-order valence-corrected chi connectivity index (χ3v) is 6.66. The fraction of sp³-hybridized carbons (Fsp3) is 0.900. The molecule has 3 atom stereocenters. The topological polar surface area (TPSA) is 52.7 Å². The Bertz CT molecular complexity index is 476. The molecular formula is C20H35N3O2. The van der Waals surface area contributed by atoms with E-state index < -0.39 is 0 Å². The van der Waals surface area contributed by atoms with Gasteiger partial charge < -0.3 is 10.2 Å². The number of hydrogen-bond donors (Lipinski definition) is 1. The molecule has 0 aromatic rings. The van der Waals surface area contributed by atoms with E-state index in [9.17, 15) is 9.59 Å². The normalized spacial score (nSPS) is 29.8. The molecule has 5 heteroatoms. The van der Waals surface area contributed by atoms with Gasteiger partial charge in [0.1, 0.15) is 0 Å². The number of amides is 2. The van der Waals surface area contributed by atoms with Gasteiger partial charge in [-0.3, -0.25) is 14.5 Å². The van der Waals surface area contributed by atoms with Gasteiger partial charge in [-0.25, -0.2) is 0 Å². The SMILES string of the molecule is CC(=O)N1CCC[C@@H]1[C@H]1CCCN1[C@@H](C)C(=O)NCC1CCCCC1. The summed E-state index contributed by atoms with van der Waals surface area (Å²) < 4.78 is 0. The molecule has 2 saturated heterocycles. The second-order valence-electron chi connectivity index (χ2n) is 8.29. The number of likely N-dealkylation sites (tertiary alicyclic amines) is 2. The number of carbonyl (C=O) groups excluding carboxylic acids is 2. The summed E-state index contributed by atoms with van der Waals surface area (Å²) in [7, 11) is 0. The number of nitrogens with one attached hydrogen (secondary N) is 1. The quantitative estimate of drug-likeness (QED) is 0.830. The van der Waals surface area contributed by atoms with E-state index in [1.54, 1.807) is 6.92 Å². The van der Waals surface area contributed by atoms with Crippen LogP contribution >= 0.6 is 0 Å². The third-order valence-electron chi connectivity index (χ3n) is 6.66. The molecule has 3 fully saturated rings. The first-order valence-corrected chi connectivity index (χ1v) is 10.4. The first-order valence-electron chi connectivity index (χ1n) is 10.4. The molecule has 5 nitrogen and oxygen atoms in total. The van der Waals surface area contributed by atoms with Crippen molar-refractivity contribution in [2.75, 3.05) is 19.6 Å². The maximum absolute atomic E-state index is 12.7. The van der Waals surface area contributed by atoms with Crippen molar-refractivity contribution in [3.63, 3.8) is 0 Å². The minimum atomic E-state index is -0.0921. The number of hydrogen-bond acceptors (Lipinski definition) is 3. The summed E-state index contributed by atoms with van der Waals surface area (Å²) in [6.45, 7) is 6.42. The van der Waals surface area contributed by atoms with Gasteiger partial charge in [-0.1, -0.05) is 19.3 Å². The highest BCUT2D eigenvalue weighted by Gasteiger charge is 2.41. The van der Waals surface area contributed by atoms with E-state index in [-0.39, 0.29) is 17.9 Å². The van der Waals surface area contributed by atoms with Crippen LogP contribution in [0.3, 0.4) is 0 Å². The summed E-state index contributed by atoms with van der Waals surface area (Å²) in [5.74, 6) is 1.02. The zero-order valence-corrected chi connectivity index (χ0v) is 16.0. The van der Waals surface area contributed by atoms with Crippen molar-refractivity contribution >= 4 is 11.8 Å². The minimum absolute atomic E-state index is 0.0921. The number of rotatable bonds is 5. The third kappa shape index (κ3) is 4.36. The lowest BCUT2D eigenvalue weighted by atomic mass is 9.89.